The molecule has 1 aliphatic rings. The van der Waals surface area contributed by atoms with Gasteiger partial charge >= 0.3 is 0 Å². The van der Waals surface area contributed by atoms with E-state index >= 15 is 0 Å². The number of nitrogens with two attached hydrogens (primary N) is 1. The molecule has 2 rings (SSSR count). The molecule has 14 heavy (non-hydrogen) atoms. The predicted octanol–water partition coefficient (Wildman–Crippen LogP) is 0.719. The molecule has 0 aromatic carbocycles. The normalized spacial score (nSPS) is 20.1. The van der Waals surface area contributed by atoms with Gasteiger partial charge in [-0.3, -0.25) is 0 Å². The smallest absolute Gasteiger partial charge is 0.245 e. The van der Waals surface area contributed by atoms with Gasteiger partial charge in [0.1, 0.15) is 6.04 Å². The number of rotatable bonds is 3. The maximum Gasteiger partial charge on any atom is 0.245 e. The van der Waals surface area contributed by atoms with E-state index in [1.54, 1.807) is 0 Å². The molecule has 1 aromatic heterocycles. The minimum absolute atomic E-state index is 0.160. The Morgan fingerprint density at radius 1 is 1.50 bits per heavy atom. The molecule has 1 atom stereocenters. The van der Waals surface area contributed by atoms with Crippen molar-refractivity contribution in [3.63, 3.8) is 0 Å². The first-order valence-electron chi connectivity index (χ1n) is 5.01. The Bertz CT molecular complexity index is 294. The lowest BCUT2D eigenvalue weighted by Gasteiger charge is -2.01. The van der Waals surface area contributed by atoms with Crippen molar-refractivity contribution in [2.75, 3.05) is 6.61 Å². The summed E-state index contributed by atoms with van der Waals surface area (Å²) >= 11 is 0. The molecule has 1 aliphatic carbocycles. The van der Waals surface area contributed by atoms with Gasteiger partial charge in [-0.2, -0.15) is 4.98 Å². The molecular formula is C9H15N3O2. The molecule has 0 bridgehead atoms. The summed E-state index contributed by atoms with van der Waals surface area (Å²) in [5.41, 5.74) is 5.56. The fourth-order valence-electron chi connectivity index (χ4n) is 1.83. The van der Waals surface area contributed by atoms with Crippen LogP contribution in [0.1, 0.15) is 49.4 Å². The lowest BCUT2D eigenvalue weighted by Crippen LogP contribution is -2.14. The van der Waals surface area contributed by atoms with Gasteiger partial charge in [0.15, 0.2) is 5.82 Å². The Balaban J connectivity index is 2.08. The number of hydrogen-bond donors (Lipinski definition) is 2. The quantitative estimate of drug-likeness (QED) is 0.745. The number of aliphatic hydroxyl groups is 1. The average molecular weight is 197 g/mol. The van der Waals surface area contributed by atoms with Crippen molar-refractivity contribution in [3.8, 4) is 0 Å². The lowest BCUT2D eigenvalue weighted by atomic mass is 10.1. The molecule has 1 aromatic rings. The molecule has 1 heterocycles. The van der Waals surface area contributed by atoms with Gasteiger partial charge in [0.2, 0.25) is 5.89 Å². The molecule has 5 heteroatoms. The highest BCUT2D eigenvalue weighted by Gasteiger charge is 2.23. The maximum absolute atomic E-state index is 8.81. The zero-order chi connectivity index (χ0) is 9.97. The van der Waals surface area contributed by atoms with E-state index in [9.17, 15) is 0 Å². The van der Waals surface area contributed by atoms with Gasteiger partial charge in [-0.1, -0.05) is 18.0 Å². The van der Waals surface area contributed by atoms with Crippen LogP contribution >= 0.6 is 0 Å². The summed E-state index contributed by atoms with van der Waals surface area (Å²) in [5, 5.41) is 12.7. The molecular weight excluding hydrogens is 182 g/mol. The zero-order valence-electron chi connectivity index (χ0n) is 8.02. The largest absolute Gasteiger partial charge is 0.394 e. The fraction of sp³-hybridized carbons (Fsp3) is 0.778. The minimum atomic E-state index is -0.544. The Hall–Kier alpha value is -0.940. The van der Waals surface area contributed by atoms with Crippen molar-refractivity contribution in [2.45, 2.75) is 37.6 Å². The van der Waals surface area contributed by atoms with Gasteiger partial charge in [-0.25, -0.2) is 0 Å². The van der Waals surface area contributed by atoms with Crippen LogP contribution in [0.3, 0.4) is 0 Å². The Labute approximate surface area is 82.3 Å². The van der Waals surface area contributed by atoms with Crippen LogP contribution in [0.4, 0.5) is 0 Å². The van der Waals surface area contributed by atoms with E-state index in [1.165, 1.54) is 12.8 Å². The summed E-state index contributed by atoms with van der Waals surface area (Å²) in [6.07, 6.45) is 4.74. The monoisotopic (exact) mass is 197 g/mol. The fourth-order valence-corrected chi connectivity index (χ4v) is 1.83. The standard InChI is InChI=1S/C9H15N3O2/c10-7(5-13)9-11-8(12-14-9)6-3-1-2-4-6/h6-7,13H,1-5,10H2. The summed E-state index contributed by atoms with van der Waals surface area (Å²) < 4.78 is 4.98. The molecule has 1 fully saturated rings. The summed E-state index contributed by atoms with van der Waals surface area (Å²) in [6.45, 7) is -0.160. The molecule has 0 amide bonds. The second-order valence-corrected chi connectivity index (χ2v) is 3.76. The van der Waals surface area contributed by atoms with E-state index in [4.69, 9.17) is 15.4 Å². The number of aliphatic hydroxyl groups excluding tert-OH is 1. The predicted molar refractivity (Wildman–Crippen MR) is 49.5 cm³/mol. The minimum Gasteiger partial charge on any atom is -0.394 e. The first-order chi connectivity index (χ1) is 6.81. The first kappa shape index (κ1) is 9.61. The van der Waals surface area contributed by atoms with Gasteiger partial charge in [0.05, 0.1) is 6.61 Å². The van der Waals surface area contributed by atoms with E-state index in [-0.39, 0.29) is 6.61 Å². The molecule has 78 valence electrons. The van der Waals surface area contributed by atoms with Gasteiger partial charge in [0.25, 0.3) is 0 Å². The summed E-state index contributed by atoms with van der Waals surface area (Å²) in [7, 11) is 0. The van der Waals surface area contributed by atoms with Crippen molar-refractivity contribution in [1.82, 2.24) is 10.1 Å². The third-order valence-corrected chi connectivity index (χ3v) is 2.69. The van der Waals surface area contributed by atoms with Crippen LogP contribution in [-0.4, -0.2) is 21.9 Å². The zero-order valence-corrected chi connectivity index (χ0v) is 8.02. The molecule has 0 aliphatic heterocycles. The van der Waals surface area contributed by atoms with Crippen LogP contribution in [0.25, 0.3) is 0 Å². The van der Waals surface area contributed by atoms with Crippen molar-refractivity contribution >= 4 is 0 Å². The third-order valence-electron chi connectivity index (χ3n) is 2.69. The van der Waals surface area contributed by atoms with Gasteiger partial charge < -0.3 is 15.4 Å². The van der Waals surface area contributed by atoms with Crippen LogP contribution in [0.15, 0.2) is 4.52 Å². The molecule has 1 unspecified atom stereocenters. The average Bonchev–Trinajstić information content (AvgIpc) is 2.86. The Kier molecular flexibility index (Phi) is 2.79. The number of nitrogens with zero attached hydrogens (tertiary/aromatic N) is 2. The molecule has 0 radical (unpaired) electrons. The van der Waals surface area contributed by atoms with Gasteiger partial charge in [-0.15, -0.1) is 0 Å². The summed E-state index contributed by atoms with van der Waals surface area (Å²) in [6, 6.07) is -0.544. The van der Waals surface area contributed by atoms with Crippen molar-refractivity contribution in [3.05, 3.63) is 11.7 Å². The van der Waals surface area contributed by atoms with E-state index in [1.807, 2.05) is 0 Å². The van der Waals surface area contributed by atoms with Crippen molar-refractivity contribution in [2.24, 2.45) is 5.73 Å². The SMILES string of the molecule is NC(CO)c1nc(C2CCCC2)no1. The van der Waals surface area contributed by atoms with Gasteiger partial charge in [-0.05, 0) is 12.8 Å². The molecule has 3 N–H and O–H groups in total. The van der Waals surface area contributed by atoms with E-state index < -0.39 is 6.04 Å². The Morgan fingerprint density at radius 2 is 2.21 bits per heavy atom. The van der Waals surface area contributed by atoms with Crippen LogP contribution < -0.4 is 5.73 Å². The lowest BCUT2D eigenvalue weighted by molar-refractivity contribution is 0.236. The first-order valence-corrected chi connectivity index (χ1v) is 5.01. The summed E-state index contributed by atoms with van der Waals surface area (Å²) in [4.78, 5) is 4.20. The summed E-state index contributed by atoms with van der Waals surface area (Å²) in [5.74, 6) is 1.52. The van der Waals surface area contributed by atoms with E-state index in [2.05, 4.69) is 10.1 Å². The van der Waals surface area contributed by atoms with Crippen LogP contribution in [0.2, 0.25) is 0 Å². The topological polar surface area (TPSA) is 85.2 Å². The molecule has 5 nitrogen and oxygen atoms in total. The third kappa shape index (κ3) is 1.78. The number of hydrogen-bond acceptors (Lipinski definition) is 5. The highest BCUT2D eigenvalue weighted by atomic mass is 16.5. The second-order valence-electron chi connectivity index (χ2n) is 3.76. The highest BCUT2D eigenvalue weighted by Crippen LogP contribution is 2.32. The Morgan fingerprint density at radius 3 is 2.86 bits per heavy atom. The van der Waals surface area contributed by atoms with Crippen LogP contribution in [-0.2, 0) is 0 Å². The van der Waals surface area contributed by atoms with E-state index in [0.717, 1.165) is 18.7 Å². The maximum atomic E-state index is 8.81. The molecule has 0 spiro atoms. The molecule has 1 saturated carbocycles. The van der Waals surface area contributed by atoms with E-state index in [0.29, 0.717) is 11.8 Å². The van der Waals surface area contributed by atoms with Gasteiger partial charge in [0, 0.05) is 5.92 Å². The molecule has 0 saturated heterocycles. The number of aromatic nitrogens is 2. The van der Waals surface area contributed by atoms with Crippen molar-refractivity contribution in [1.29, 1.82) is 0 Å². The highest BCUT2D eigenvalue weighted by molar-refractivity contribution is 4.99. The van der Waals surface area contributed by atoms with Crippen molar-refractivity contribution < 1.29 is 9.63 Å². The van der Waals surface area contributed by atoms with Crippen LogP contribution in [0, 0.1) is 0 Å². The second kappa shape index (κ2) is 4.06. The van der Waals surface area contributed by atoms with Crippen LogP contribution in [0.5, 0.6) is 0 Å².